The highest BCUT2D eigenvalue weighted by Gasteiger charge is 2.07. The van der Waals surface area contributed by atoms with Crippen LogP contribution in [-0.4, -0.2) is 22.6 Å². The van der Waals surface area contributed by atoms with Crippen LogP contribution in [0.25, 0.3) is 0 Å². The summed E-state index contributed by atoms with van der Waals surface area (Å²) < 4.78 is 4.39. The fourth-order valence-electron chi connectivity index (χ4n) is 0.383. The second-order valence-corrected chi connectivity index (χ2v) is 3.31. The zero-order valence-corrected chi connectivity index (χ0v) is 8.98. The molecule has 0 heterocycles. The zero-order chi connectivity index (χ0) is 8.69. The van der Waals surface area contributed by atoms with Crippen LogP contribution in [0, 0.1) is 0 Å². The fraction of sp³-hybridized carbons (Fsp3) is 0.667. The lowest BCUT2D eigenvalue weighted by molar-refractivity contribution is -0.158. The third-order valence-electron chi connectivity index (χ3n) is 0.825. The number of ether oxygens (including phenoxy) is 1. The van der Waals surface area contributed by atoms with Gasteiger partial charge < -0.3 is 4.74 Å². The normalized spacial score (nSPS) is 9.27. The SMILES string of the molecule is O=C(CCBr)OC(=O)CCBr. The van der Waals surface area contributed by atoms with E-state index in [0.29, 0.717) is 10.7 Å². The van der Waals surface area contributed by atoms with Gasteiger partial charge in [-0.2, -0.15) is 0 Å². The molecule has 64 valence electrons. The van der Waals surface area contributed by atoms with Crippen molar-refractivity contribution in [3.63, 3.8) is 0 Å². The number of hydrogen-bond donors (Lipinski definition) is 0. The van der Waals surface area contributed by atoms with E-state index in [1.807, 2.05) is 0 Å². The monoisotopic (exact) mass is 286 g/mol. The van der Waals surface area contributed by atoms with Crippen molar-refractivity contribution >= 4 is 43.8 Å². The number of alkyl halides is 2. The first-order valence-corrected chi connectivity index (χ1v) is 5.30. The highest BCUT2D eigenvalue weighted by atomic mass is 79.9. The molecule has 0 aromatic heterocycles. The van der Waals surface area contributed by atoms with Crippen molar-refractivity contribution in [3.8, 4) is 0 Å². The van der Waals surface area contributed by atoms with Crippen LogP contribution in [0.4, 0.5) is 0 Å². The van der Waals surface area contributed by atoms with Crippen LogP contribution in [0.2, 0.25) is 0 Å². The number of carbonyl (C=O) groups is 2. The van der Waals surface area contributed by atoms with Crippen LogP contribution < -0.4 is 0 Å². The van der Waals surface area contributed by atoms with E-state index < -0.39 is 11.9 Å². The van der Waals surface area contributed by atoms with Gasteiger partial charge >= 0.3 is 11.9 Å². The highest BCUT2D eigenvalue weighted by Crippen LogP contribution is 1.96. The summed E-state index contributed by atoms with van der Waals surface area (Å²) in [7, 11) is 0. The molecule has 0 N–H and O–H groups in total. The lowest BCUT2D eigenvalue weighted by Gasteiger charge is -1.98. The van der Waals surface area contributed by atoms with Crippen LogP contribution >= 0.6 is 31.9 Å². The summed E-state index contributed by atoms with van der Waals surface area (Å²) in [4.78, 5) is 21.3. The molecule has 0 amide bonds. The Labute approximate surface area is 81.7 Å². The quantitative estimate of drug-likeness (QED) is 0.448. The van der Waals surface area contributed by atoms with E-state index >= 15 is 0 Å². The zero-order valence-electron chi connectivity index (χ0n) is 5.81. The Hall–Kier alpha value is 0.1000. The molecule has 0 saturated carbocycles. The molecule has 3 nitrogen and oxygen atoms in total. The second kappa shape index (κ2) is 6.79. The maximum absolute atomic E-state index is 10.6. The van der Waals surface area contributed by atoms with Crippen molar-refractivity contribution in [2.75, 3.05) is 10.7 Å². The molecule has 0 aromatic rings. The molecule has 0 aromatic carbocycles. The summed E-state index contributed by atoms with van der Waals surface area (Å²) in [6.45, 7) is 0. The topological polar surface area (TPSA) is 43.4 Å². The minimum Gasteiger partial charge on any atom is -0.393 e. The molecule has 5 heteroatoms. The van der Waals surface area contributed by atoms with Crippen LogP contribution in [0.3, 0.4) is 0 Å². The molecule has 0 saturated heterocycles. The molecule has 0 aliphatic carbocycles. The average molecular weight is 288 g/mol. The third-order valence-corrected chi connectivity index (χ3v) is 1.62. The molecule has 0 spiro atoms. The number of esters is 2. The van der Waals surface area contributed by atoms with E-state index in [0.717, 1.165) is 0 Å². The van der Waals surface area contributed by atoms with Gasteiger partial charge in [0, 0.05) is 10.7 Å². The summed E-state index contributed by atoms with van der Waals surface area (Å²) in [6, 6.07) is 0. The Morgan fingerprint density at radius 1 is 1.00 bits per heavy atom. The standard InChI is InChI=1S/C6H8Br2O3/c7-3-1-5(9)11-6(10)2-4-8/h1-4H2. The Morgan fingerprint density at radius 2 is 1.36 bits per heavy atom. The van der Waals surface area contributed by atoms with E-state index in [9.17, 15) is 9.59 Å². The molecular weight excluding hydrogens is 280 g/mol. The molecule has 0 unspecified atom stereocenters. The predicted molar refractivity (Wildman–Crippen MR) is 47.9 cm³/mol. The molecule has 0 rings (SSSR count). The minimum atomic E-state index is -0.479. The van der Waals surface area contributed by atoms with Crippen molar-refractivity contribution in [1.29, 1.82) is 0 Å². The van der Waals surface area contributed by atoms with E-state index in [-0.39, 0.29) is 12.8 Å². The van der Waals surface area contributed by atoms with Crippen LogP contribution in [0.15, 0.2) is 0 Å². The van der Waals surface area contributed by atoms with Gasteiger partial charge in [0.05, 0.1) is 12.8 Å². The Morgan fingerprint density at radius 3 is 1.64 bits per heavy atom. The average Bonchev–Trinajstić information content (AvgIpc) is 1.87. The van der Waals surface area contributed by atoms with Gasteiger partial charge in [0.25, 0.3) is 0 Å². The number of rotatable bonds is 4. The molecule has 0 radical (unpaired) electrons. The number of hydrogen-bond acceptors (Lipinski definition) is 3. The van der Waals surface area contributed by atoms with Gasteiger partial charge in [-0.3, -0.25) is 9.59 Å². The molecular formula is C6H8Br2O3. The van der Waals surface area contributed by atoms with E-state index in [1.54, 1.807) is 0 Å². The largest absolute Gasteiger partial charge is 0.393 e. The van der Waals surface area contributed by atoms with Crippen molar-refractivity contribution in [1.82, 2.24) is 0 Å². The molecule has 0 bridgehead atoms. The minimum absolute atomic E-state index is 0.230. The highest BCUT2D eigenvalue weighted by molar-refractivity contribution is 9.09. The summed E-state index contributed by atoms with van der Waals surface area (Å²) >= 11 is 6.11. The van der Waals surface area contributed by atoms with Crippen molar-refractivity contribution < 1.29 is 14.3 Å². The molecule has 0 aliphatic heterocycles. The van der Waals surface area contributed by atoms with Gasteiger partial charge in [-0.25, -0.2) is 0 Å². The maximum atomic E-state index is 10.6. The van der Waals surface area contributed by atoms with Crippen molar-refractivity contribution in [3.05, 3.63) is 0 Å². The van der Waals surface area contributed by atoms with E-state index in [2.05, 4.69) is 36.6 Å². The first-order valence-electron chi connectivity index (χ1n) is 3.06. The van der Waals surface area contributed by atoms with Crippen LogP contribution in [0.5, 0.6) is 0 Å². The third kappa shape index (κ3) is 6.50. The van der Waals surface area contributed by atoms with Gasteiger partial charge in [-0.15, -0.1) is 0 Å². The van der Waals surface area contributed by atoms with Gasteiger partial charge in [-0.05, 0) is 0 Å². The van der Waals surface area contributed by atoms with Crippen molar-refractivity contribution in [2.45, 2.75) is 12.8 Å². The Bertz CT molecular complexity index is 131. The first kappa shape index (κ1) is 11.1. The number of halogens is 2. The number of carbonyl (C=O) groups excluding carboxylic acids is 2. The van der Waals surface area contributed by atoms with Crippen LogP contribution in [-0.2, 0) is 14.3 Å². The van der Waals surface area contributed by atoms with E-state index in [1.165, 1.54) is 0 Å². The second-order valence-electron chi connectivity index (χ2n) is 1.72. The predicted octanol–water partition coefficient (Wildman–Crippen LogP) is 1.63. The van der Waals surface area contributed by atoms with Crippen molar-refractivity contribution in [2.24, 2.45) is 0 Å². The summed E-state index contributed by atoms with van der Waals surface area (Å²) in [5.74, 6) is -0.958. The molecule has 0 atom stereocenters. The van der Waals surface area contributed by atoms with Gasteiger partial charge in [-0.1, -0.05) is 31.9 Å². The van der Waals surface area contributed by atoms with E-state index in [4.69, 9.17) is 0 Å². The summed E-state index contributed by atoms with van der Waals surface area (Å²) in [5, 5.41) is 1.04. The lowest BCUT2D eigenvalue weighted by Crippen LogP contribution is -2.12. The smallest absolute Gasteiger partial charge is 0.314 e. The Kier molecular flexibility index (Phi) is 6.85. The Balaban J connectivity index is 3.49. The lowest BCUT2D eigenvalue weighted by atomic mass is 10.5. The molecule has 0 aliphatic rings. The first-order chi connectivity index (χ1) is 5.20. The van der Waals surface area contributed by atoms with Gasteiger partial charge in [0.15, 0.2) is 0 Å². The molecule has 11 heavy (non-hydrogen) atoms. The molecule has 0 fully saturated rings. The maximum Gasteiger partial charge on any atom is 0.314 e. The van der Waals surface area contributed by atoms with Crippen LogP contribution in [0.1, 0.15) is 12.8 Å². The summed E-state index contributed by atoms with van der Waals surface area (Å²) in [5.41, 5.74) is 0. The van der Waals surface area contributed by atoms with Gasteiger partial charge in [0.2, 0.25) is 0 Å². The fourth-order valence-corrected chi connectivity index (χ4v) is 1.03. The van der Waals surface area contributed by atoms with Gasteiger partial charge in [0.1, 0.15) is 0 Å². The summed E-state index contributed by atoms with van der Waals surface area (Å²) in [6.07, 6.45) is 0.460.